The quantitative estimate of drug-likeness (QED) is 0.706. The molecule has 3 aromatic rings. The van der Waals surface area contributed by atoms with Crippen molar-refractivity contribution >= 4 is 23.3 Å². The van der Waals surface area contributed by atoms with Crippen LogP contribution >= 0.6 is 11.6 Å². The van der Waals surface area contributed by atoms with Crippen LogP contribution in [-0.2, 0) is 0 Å². The van der Waals surface area contributed by atoms with E-state index in [2.05, 4.69) is 15.2 Å². The second-order valence-electron chi connectivity index (χ2n) is 4.86. The zero-order valence-electron chi connectivity index (χ0n) is 11.8. The van der Waals surface area contributed by atoms with Gasteiger partial charge in [0.15, 0.2) is 0 Å². The Kier molecular flexibility index (Phi) is 3.40. The van der Waals surface area contributed by atoms with Gasteiger partial charge in [-0.1, -0.05) is 11.6 Å². The molecular formula is C17H10ClN3O2. The first kappa shape index (κ1) is 13.7. The van der Waals surface area contributed by atoms with E-state index in [9.17, 15) is 0 Å². The molecule has 3 heterocycles. The monoisotopic (exact) mass is 323 g/mol. The highest BCUT2D eigenvalue weighted by Gasteiger charge is 2.14. The minimum atomic E-state index is 0.400. The number of aromatic nitrogens is 3. The summed E-state index contributed by atoms with van der Waals surface area (Å²) in [5.41, 5.74) is 2.36. The Balaban J connectivity index is 1.74. The summed E-state index contributed by atoms with van der Waals surface area (Å²) >= 11 is 6.04. The Morgan fingerprint density at radius 3 is 2.83 bits per heavy atom. The second-order valence-corrected chi connectivity index (χ2v) is 5.29. The standard InChI is InChI=1S/C17H10ClN3O2/c18-14-3-4-15-13(9-14)8-11(5-7-22-15)16-20-21-17(23-16)12-2-1-6-19-10-12/h1-10H. The molecule has 112 valence electrons. The van der Waals surface area contributed by atoms with Crippen molar-refractivity contribution < 1.29 is 9.15 Å². The van der Waals surface area contributed by atoms with Gasteiger partial charge in [0, 0.05) is 28.6 Å². The van der Waals surface area contributed by atoms with Crippen molar-refractivity contribution in [3.05, 3.63) is 71.5 Å². The molecule has 5 nitrogen and oxygen atoms in total. The van der Waals surface area contributed by atoms with Gasteiger partial charge in [-0.3, -0.25) is 4.98 Å². The van der Waals surface area contributed by atoms with Crippen LogP contribution in [0.4, 0.5) is 0 Å². The topological polar surface area (TPSA) is 61.0 Å². The molecule has 1 aromatic carbocycles. The summed E-state index contributed by atoms with van der Waals surface area (Å²) in [6, 6.07) is 9.09. The lowest BCUT2D eigenvalue weighted by molar-refractivity contribution is 0.481. The second kappa shape index (κ2) is 5.70. The molecule has 0 saturated heterocycles. The fourth-order valence-electron chi connectivity index (χ4n) is 2.21. The first-order valence-corrected chi connectivity index (χ1v) is 7.26. The zero-order valence-corrected chi connectivity index (χ0v) is 12.6. The molecule has 1 aliphatic heterocycles. The lowest BCUT2D eigenvalue weighted by atomic mass is 10.1. The minimum absolute atomic E-state index is 0.400. The first-order chi connectivity index (χ1) is 11.3. The predicted octanol–water partition coefficient (Wildman–Crippen LogP) is 4.23. The van der Waals surface area contributed by atoms with Gasteiger partial charge >= 0.3 is 0 Å². The highest BCUT2D eigenvalue weighted by molar-refractivity contribution is 6.30. The molecule has 0 spiro atoms. The van der Waals surface area contributed by atoms with E-state index in [4.69, 9.17) is 20.8 Å². The molecule has 4 rings (SSSR count). The average Bonchev–Trinajstić information content (AvgIpc) is 2.97. The third kappa shape index (κ3) is 2.74. The fraction of sp³-hybridized carbons (Fsp3) is 0. The van der Waals surface area contributed by atoms with E-state index in [1.807, 2.05) is 30.3 Å². The van der Waals surface area contributed by atoms with Crippen LogP contribution in [0.2, 0.25) is 5.02 Å². The summed E-state index contributed by atoms with van der Waals surface area (Å²) in [5.74, 6) is 1.53. The number of nitrogens with zero attached hydrogens (tertiary/aromatic N) is 3. The number of benzene rings is 1. The van der Waals surface area contributed by atoms with E-state index >= 15 is 0 Å². The predicted molar refractivity (Wildman–Crippen MR) is 86.6 cm³/mol. The molecule has 0 unspecified atom stereocenters. The lowest BCUT2D eigenvalue weighted by Crippen LogP contribution is -1.83. The Morgan fingerprint density at radius 1 is 1.04 bits per heavy atom. The van der Waals surface area contributed by atoms with Crippen LogP contribution in [0.5, 0.6) is 5.75 Å². The van der Waals surface area contributed by atoms with Crippen LogP contribution in [0.3, 0.4) is 0 Å². The van der Waals surface area contributed by atoms with Gasteiger partial charge in [-0.05, 0) is 42.5 Å². The number of fused-ring (bicyclic) bond motifs is 1. The molecular weight excluding hydrogens is 314 g/mol. The zero-order chi connectivity index (χ0) is 15.6. The maximum absolute atomic E-state index is 6.04. The van der Waals surface area contributed by atoms with Crippen molar-refractivity contribution in [2.45, 2.75) is 0 Å². The number of allylic oxidation sites excluding steroid dienone is 2. The highest BCUT2D eigenvalue weighted by Crippen LogP contribution is 2.31. The Labute approximate surface area is 136 Å². The van der Waals surface area contributed by atoms with Gasteiger partial charge in [0.25, 0.3) is 0 Å². The van der Waals surface area contributed by atoms with Gasteiger partial charge < -0.3 is 9.15 Å². The Bertz CT molecular complexity index is 917. The van der Waals surface area contributed by atoms with E-state index in [1.54, 1.807) is 30.8 Å². The maximum Gasteiger partial charge on any atom is 0.249 e. The van der Waals surface area contributed by atoms with Crippen molar-refractivity contribution in [2.24, 2.45) is 0 Å². The Hall–Kier alpha value is -2.92. The van der Waals surface area contributed by atoms with Crippen molar-refractivity contribution in [1.29, 1.82) is 0 Å². The van der Waals surface area contributed by atoms with E-state index in [1.165, 1.54) is 0 Å². The molecule has 0 saturated carbocycles. The van der Waals surface area contributed by atoms with Crippen molar-refractivity contribution in [3.63, 3.8) is 0 Å². The largest absolute Gasteiger partial charge is 0.464 e. The van der Waals surface area contributed by atoms with Crippen LogP contribution in [-0.4, -0.2) is 15.2 Å². The van der Waals surface area contributed by atoms with E-state index in [0.29, 0.717) is 22.6 Å². The van der Waals surface area contributed by atoms with Crippen LogP contribution in [0.25, 0.3) is 23.1 Å². The van der Waals surface area contributed by atoms with Crippen molar-refractivity contribution in [3.8, 4) is 17.2 Å². The number of rotatable bonds is 2. The third-order valence-electron chi connectivity index (χ3n) is 3.31. The van der Waals surface area contributed by atoms with Gasteiger partial charge in [0.1, 0.15) is 5.75 Å². The van der Waals surface area contributed by atoms with Gasteiger partial charge in [0.05, 0.1) is 11.8 Å². The first-order valence-electron chi connectivity index (χ1n) is 6.88. The number of ether oxygens (including phenoxy) is 1. The fourth-order valence-corrected chi connectivity index (χ4v) is 2.40. The number of halogens is 1. The van der Waals surface area contributed by atoms with Crippen LogP contribution in [0, 0.1) is 0 Å². The molecule has 0 N–H and O–H groups in total. The Morgan fingerprint density at radius 2 is 1.96 bits per heavy atom. The van der Waals surface area contributed by atoms with Crippen LogP contribution < -0.4 is 4.74 Å². The van der Waals surface area contributed by atoms with E-state index < -0.39 is 0 Å². The number of pyridine rings is 1. The van der Waals surface area contributed by atoms with Gasteiger partial charge in [0.2, 0.25) is 11.8 Å². The van der Waals surface area contributed by atoms with Gasteiger partial charge in [-0.2, -0.15) is 0 Å². The maximum atomic E-state index is 6.04. The van der Waals surface area contributed by atoms with Gasteiger partial charge in [-0.25, -0.2) is 0 Å². The average molecular weight is 324 g/mol. The highest BCUT2D eigenvalue weighted by atomic mass is 35.5. The summed E-state index contributed by atoms with van der Waals surface area (Å²) in [4.78, 5) is 4.05. The van der Waals surface area contributed by atoms with Crippen molar-refractivity contribution in [2.75, 3.05) is 0 Å². The van der Waals surface area contributed by atoms with Crippen molar-refractivity contribution in [1.82, 2.24) is 15.2 Å². The lowest BCUT2D eigenvalue weighted by Gasteiger charge is -2.03. The molecule has 0 fully saturated rings. The van der Waals surface area contributed by atoms with Crippen LogP contribution in [0.1, 0.15) is 11.5 Å². The number of hydrogen-bond acceptors (Lipinski definition) is 5. The molecule has 2 aromatic heterocycles. The molecule has 23 heavy (non-hydrogen) atoms. The summed E-state index contributed by atoms with van der Waals surface area (Å²) in [7, 11) is 0. The molecule has 0 atom stereocenters. The van der Waals surface area contributed by atoms with E-state index in [-0.39, 0.29) is 0 Å². The van der Waals surface area contributed by atoms with Gasteiger partial charge in [-0.15, -0.1) is 10.2 Å². The summed E-state index contributed by atoms with van der Waals surface area (Å²) < 4.78 is 11.3. The SMILES string of the molecule is Clc1ccc2c(c1)C=C(c1nnc(-c3cccnc3)o1)C=CO2. The smallest absolute Gasteiger partial charge is 0.249 e. The molecule has 0 bridgehead atoms. The molecule has 0 radical (unpaired) electrons. The van der Waals surface area contributed by atoms with Crippen LogP contribution in [0.15, 0.2) is 59.5 Å². The summed E-state index contributed by atoms with van der Waals surface area (Å²) in [5, 5.41) is 8.80. The minimum Gasteiger partial charge on any atom is -0.464 e. The van der Waals surface area contributed by atoms with E-state index in [0.717, 1.165) is 16.7 Å². The molecule has 0 amide bonds. The summed E-state index contributed by atoms with van der Waals surface area (Å²) in [6.07, 6.45) is 8.61. The molecule has 6 heteroatoms. The normalized spacial score (nSPS) is 13.0. The summed E-state index contributed by atoms with van der Waals surface area (Å²) in [6.45, 7) is 0. The number of hydrogen-bond donors (Lipinski definition) is 0. The molecule has 0 aliphatic carbocycles. The third-order valence-corrected chi connectivity index (χ3v) is 3.54. The molecule has 1 aliphatic rings.